The molecule has 3 aliphatic heterocycles. The third kappa shape index (κ3) is 8.11. The Morgan fingerprint density at radius 1 is 1.11 bits per heavy atom. The van der Waals surface area contributed by atoms with Gasteiger partial charge in [0, 0.05) is 38.7 Å². The first-order chi connectivity index (χ1) is 22.0. The summed E-state index contributed by atoms with van der Waals surface area (Å²) in [5.74, 6) is -1.53. The molecule has 2 fully saturated rings. The lowest BCUT2D eigenvalue weighted by molar-refractivity contribution is -0.151. The zero-order valence-electron chi connectivity index (χ0n) is 27.0. The topological polar surface area (TPSA) is 139 Å². The zero-order valence-corrected chi connectivity index (χ0v) is 27.0. The number of carbonyl (C=O) groups is 2. The molecule has 12 nitrogen and oxygen atoms in total. The second-order valence-electron chi connectivity index (χ2n) is 13.0. The van der Waals surface area contributed by atoms with Crippen LogP contribution in [-0.2, 0) is 19.0 Å². The van der Waals surface area contributed by atoms with Crippen molar-refractivity contribution in [1.29, 1.82) is 0 Å². The van der Waals surface area contributed by atoms with Crippen LogP contribution in [0.2, 0.25) is 0 Å². The van der Waals surface area contributed by atoms with Crippen LogP contribution in [0.5, 0.6) is 0 Å². The van der Waals surface area contributed by atoms with Crippen LogP contribution in [-0.4, -0.2) is 118 Å². The molecule has 13 heteroatoms. The minimum absolute atomic E-state index is 0.0949. The summed E-state index contributed by atoms with van der Waals surface area (Å²) in [6.07, 6.45) is 3.39. The highest BCUT2D eigenvalue weighted by atomic mass is 19.1. The molecule has 2 aromatic rings. The molecule has 7 atom stereocenters. The Balaban J connectivity index is 1.41. The zero-order chi connectivity index (χ0) is 33.0. The maximum atomic E-state index is 15.2. The number of benzene rings is 1. The van der Waals surface area contributed by atoms with Crippen molar-refractivity contribution in [2.45, 2.75) is 76.9 Å². The van der Waals surface area contributed by atoms with Gasteiger partial charge in [0.15, 0.2) is 5.82 Å². The summed E-state index contributed by atoms with van der Waals surface area (Å²) in [4.78, 5) is 29.9. The van der Waals surface area contributed by atoms with Gasteiger partial charge in [0.05, 0.1) is 36.8 Å². The predicted molar refractivity (Wildman–Crippen MR) is 168 cm³/mol. The van der Waals surface area contributed by atoms with Crippen molar-refractivity contribution in [2.75, 3.05) is 46.4 Å². The lowest BCUT2D eigenvalue weighted by atomic mass is 9.91. The second-order valence-corrected chi connectivity index (χ2v) is 13.0. The SMILES string of the molecule is C/C(=C\c1cc(F)c2nnn([C@H]3CCOC[C@@H]3O)c2c1)[C@H]1OC(=O)C[C@H](O)CC[C@H](C)[C@@H](OC(=O)N2CCN(C)CC2)/C=C/[C@@H]1C. The van der Waals surface area contributed by atoms with E-state index < -0.39 is 42.2 Å². The molecule has 5 rings (SSSR count). The van der Waals surface area contributed by atoms with E-state index in [0.29, 0.717) is 55.6 Å². The van der Waals surface area contributed by atoms with Gasteiger partial charge in [0.25, 0.3) is 0 Å². The third-order valence-electron chi connectivity index (χ3n) is 9.26. The van der Waals surface area contributed by atoms with E-state index in [1.54, 1.807) is 28.6 Å². The molecule has 4 heterocycles. The number of halogens is 1. The number of carbonyl (C=O) groups excluding carboxylic acids is 2. The van der Waals surface area contributed by atoms with E-state index in [0.717, 1.165) is 13.1 Å². The largest absolute Gasteiger partial charge is 0.457 e. The Kier molecular flexibility index (Phi) is 11.1. The van der Waals surface area contributed by atoms with E-state index in [4.69, 9.17) is 14.2 Å². The molecule has 0 saturated carbocycles. The number of ether oxygens (including phenoxy) is 3. The molecule has 2 saturated heterocycles. The fraction of sp³-hybridized carbons (Fsp3) is 0.636. The summed E-state index contributed by atoms with van der Waals surface area (Å²) < 4.78 is 34.0. The van der Waals surface area contributed by atoms with Crippen LogP contribution < -0.4 is 0 Å². The molecule has 0 bridgehead atoms. The summed E-state index contributed by atoms with van der Waals surface area (Å²) in [6, 6.07) is 2.70. The van der Waals surface area contributed by atoms with Crippen molar-refractivity contribution in [1.82, 2.24) is 24.8 Å². The number of likely N-dealkylation sites (N-methyl/N-ethyl adjacent to an activating group) is 1. The minimum Gasteiger partial charge on any atom is -0.457 e. The average molecular weight is 644 g/mol. The molecule has 252 valence electrons. The van der Waals surface area contributed by atoms with Gasteiger partial charge in [0.2, 0.25) is 0 Å². The molecule has 1 aromatic carbocycles. The van der Waals surface area contributed by atoms with E-state index in [2.05, 4.69) is 15.2 Å². The van der Waals surface area contributed by atoms with E-state index in [-0.39, 0.29) is 36.5 Å². The molecular formula is C33H46FN5O7. The number of hydrogen-bond donors (Lipinski definition) is 2. The fourth-order valence-electron chi connectivity index (χ4n) is 6.32. The van der Waals surface area contributed by atoms with Gasteiger partial charge in [0.1, 0.15) is 17.7 Å². The van der Waals surface area contributed by atoms with Crippen molar-refractivity contribution in [3.05, 3.63) is 41.2 Å². The third-order valence-corrected chi connectivity index (χ3v) is 9.26. The van der Waals surface area contributed by atoms with E-state index >= 15 is 4.39 Å². The summed E-state index contributed by atoms with van der Waals surface area (Å²) in [5.41, 5.74) is 1.71. The number of aromatic nitrogens is 3. The molecule has 0 spiro atoms. The molecule has 2 N–H and O–H groups in total. The average Bonchev–Trinajstić information content (AvgIpc) is 3.44. The Bertz CT molecular complexity index is 1440. The van der Waals surface area contributed by atoms with Gasteiger partial charge in [-0.05, 0) is 68.5 Å². The number of aliphatic hydroxyl groups is 2. The Labute approximate surface area is 268 Å². The Morgan fingerprint density at radius 2 is 1.87 bits per heavy atom. The van der Waals surface area contributed by atoms with Crippen LogP contribution in [0.4, 0.5) is 9.18 Å². The number of cyclic esters (lactones) is 1. The summed E-state index contributed by atoms with van der Waals surface area (Å²) in [6.45, 7) is 9.03. The van der Waals surface area contributed by atoms with Gasteiger partial charge in [-0.1, -0.05) is 31.2 Å². The number of nitrogens with zero attached hydrogens (tertiary/aromatic N) is 5. The van der Waals surface area contributed by atoms with Crippen molar-refractivity contribution in [3.63, 3.8) is 0 Å². The maximum Gasteiger partial charge on any atom is 0.410 e. The van der Waals surface area contributed by atoms with E-state index in [9.17, 15) is 19.8 Å². The first-order valence-corrected chi connectivity index (χ1v) is 16.2. The number of amides is 1. The van der Waals surface area contributed by atoms with E-state index in [1.807, 2.05) is 33.0 Å². The summed E-state index contributed by atoms with van der Waals surface area (Å²) in [5, 5.41) is 29.3. The number of piperazine rings is 1. The van der Waals surface area contributed by atoms with E-state index in [1.165, 1.54) is 6.07 Å². The lowest BCUT2D eigenvalue weighted by Crippen LogP contribution is -2.48. The molecule has 0 unspecified atom stereocenters. The normalized spacial score (nSPS) is 31.5. The van der Waals surface area contributed by atoms with Gasteiger partial charge in [-0.2, -0.15) is 0 Å². The monoisotopic (exact) mass is 643 g/mol. The maximum absolute atomic E-state index is 15.2. The number of rotatable bonds is 4. The fourth-order valence-corrected chi connectivity index (χ4v) is 6.32. The van der Waals surface area contributed by atoms with Crippen molar-refractivity contribution in [3.8, 4) is 0 Å². The standard InChI is InChI=1S/C33H46FN5O7/c1-20-5-7-24(40)18-30(42)46-32(21(2)6-8-29(20)45-33(43)38-12-10-37(4)11-13-38)22(3)15-23-16-25(34)31-27(17-23)39(36-35-31)26-9-14-44-19-28(26)41/h6,8,15-17,20-21,24,26,28-29,32,40-41H,5,7,9-14,18-19H2,1-4H3/b8-6+,22-15+/t20-,21-,24+,26-,28-,29-,32-/m0/s1. The number of esters is 1. The molecule has 0 aliphatic carbocycles. The van der Waals surface area contributed by atoms with Gasteiger partial charge < -0.3 is 34.2 Å². The minimum atomic E-state index is -0.905. The highest BCUT2D eigenvalue weighted by Gasteiger charge is 2.30. The molecule has 3 aliphatic rings. The first-order valence-electron chi connectivity index (χ1n) is 16.2. The first kappa shape index (κ1) is 34.0. The van der Waals surface area contributed by atoms with Crippen LogP contribution in [0.1, 0.15) is 58.1 Å². The predicted octanol–water partition coefficient (Wildman–Crippen LogP) is 3.33. The van der Waals surface area contributed by atoms with Crippen LogP contribution in [0.25, 0.3) is 17.1 Å². The molecule has 1 aromatic heterocycles. The van der Waals surface area contributed by atoms with Crippen molar-refractivity contribution >= 4 is 29.2 Å². The van der Waals surface area contributed by atoms with Crippen LogP contribution in [0.15, 0.2) is 29.9 Å². The van der Waals surface area contributed by atoms with Crippen molar-refractivity contribution < 1.29 is 38.4 Å². The van der Waals surface area contributed by atoms with Crippen LogP contribution >= 0.6 is 0 Å². The van der Waals surface area contributed by atoms with Crippen molar-refractivity contribution in [2.24, 2.45) is 11.8 Å². The number of fused-ring (bicyclic) bond motifs is 1. The molecule has 0 radical (unpaired) electrons. The number of aliphatic hydroxyl groups excluding tert-OH is 2. The smallest absolute Gasteiger partial charge is 0.410 e. The molecular weight excluding hydrogens is 597 g/mol. The molecule has 1 amide bonds. The highest BCUT2D eigenvalue weighted by molar-refractivity contribution is 5.79. The quantitative estimate of drug-likeness (QED) is 0.377. The van der Waals surface area contributed by atoms with Crippen LogP contribution in [0.3, 0.4) is 0 Å². The van der Waals surface area contributed by atoms with Crippen LogP contribution in [0, 0.1) is 17.7 Å². The lowest BCUT2D eigenvalue weighted by Gasteiger charge is -2.33. The Morgan fingerprint density at radius 3 is 2.61 bits per heavy atom. The Hall–Kier alpha value is -3.39. The summed E-state index contributed by atoms with van der Waals surface area (Å²) >= 11 is 0. The summed E-state index contributed by atoms with van der Waals surface area (Å²) in [7, 11) is 2.02. The second kappa shape index (κ2) is 15.0. The number of hydrogen-bond acceptors (Lipinski definition) is 10. The molecule has 46 heavy (non-hydrogen) atoms. The highest BCUT2D eigenvalue weighted by Crippen LogP contribution is 2.29. The van der Waals surface area contributed by atoms with Gasteiger partial charge in [-0.3, -0.25) is 4.79 Å². The van der Waals surface area contributed by atoms with Gasteiger partial charge in [-0.15, -0.1) is 5.10 Å². The van der Waals surface area contributed by atoms with Gasteiger partial charge >= 0.3 is 12.1 Å². The van der Waals surface area contributed by atoms with Gasteiger partial charge in [-0.25, -0.2) is 13.9 Å².